The lowest BCUT2D eigenvalue weighted by molar-refractivity contribution is 1.44. The molecule has 0 aliphatic rings. The van der Waals surface area contributed by atoms with Crippen molar-refractivity contribution in [3.8, 4) is 6.07 Å². The molecule has 0 saturated carbocycles. The molecule has 1 aromatic rings. The lowest BCUT2D eigenvalue weighted by Gasteiger charge is -1.96. The summed E-state index contributed by atoms with van der Waals surface area (Å²) in [6.07, 6.45) is 0. The maximum absolute atomic E-state index is 8.60. The lowest BCUT2D eigenvalue weighted by Crippen LogP contribution is -1.82. The molecular formula is C10H8N2. The maximum Gasteiger partial charge on any atom is 0.120 e. The van der Waals surface area contributed by atoms with Crippen molar-refractivity contribution in [1.82, 2.24) is 0 Å². The van der Waals surface area contributed by atoms with E-state index in [0.717, 1.165) is 11.1 Å². The number of hydrogen-bond acceptors (Lipinski definition) is 2. The van der Waals surface area contributed by atoms with Gasteiger partial charge in [0, 0.05) is 5.56 Å². The van der Waals surface area contributed by atoms with Gasteiger partial charge in [-0.15, -0.1) is 0 Å². The number of aryl methyl sites for hydroxylation is 1. The first-order valence-corrected chi connectivity index (χ1v) is 3.54. The second-order valence-electron chi connectivity index (χ2n) is 2.48. The minimum atomic E-state index is 0.277. The predicted molar refractivity (Wildman–Crippen MR) is 47.9 cm³/mol. The van der Waals surface area contributed by atoms with Gasteiger partial charge in [-0.3, -0.25) is 5.41 Å². The quantitative estimate of drug-likeness (QED) is 0.491. The van der Waals surface area contributed by atoms with Crippen LogP contribution in [-0.2, 0) is 0 Å². The molecule has 1 rings (SSSR count). The molecule has 0 spiro atoms. The van der Waals surface area contributed by atoms with E-state index in [0.29, 0.717) is 0 Å². The Hall–Kier alpha value is -1.84. The van der Waals surface area contributed by atoms with E-state index in [1.807, 2.05) is 31.2 Å². The van der Waals surface area contributed by atoms with Crippen molar-refractivity contribution < 1.29 is 0 Å². The van der Waals surface area contributed by atoms with Crippen molar-refractivity contribution >= 4 is 11.4 Å². The Morgan fingerprint density at radius 3 is 2.75 bits per heavy atom. The predicted octanol–water partition coefficient (Wildman–Crippen LogP) is 2.15. The molecule has 0 atom stereocenters. The molecule has 58 valence electrons. The summed E-state index contributed by atoms with van der Waals surface area (Å²) in [7, 11) is 0. The highest BCUT2D eigenvalue weighted by Crippen LogP contribution is 2.11. The van der Waals surface area contributed by atoms with Crippen LogP contribution in [0, 0.1) is 23.7 Å². The van der Waals surface area contributed by atoms with Crippen molar-refractivity contribution in [1.29, 1.82) is 10.7 Å². The Morgan fingerprint density at radius 2 is 2.25 bits per heavy atom. The van der Waals surface area contributed by atoms with Crippen LogP contribution < -0.4 is 0 Å². The molecule has 2 nitrogen and oxygen atoms in total. The van der Waals surface area contributed by atoms with E-state index < -0.39 is 0 Å². The fourth-order valence-electron chi connectivity index (χ4n) is 0.965. The molecule has 0 radical (unpaired) electrons. The molecule has 0 fully saturated rings. The third kappa shape index (κ3) is 1.60. The van der Waals surface area contributed by atoms with Crippen LogP contribution in [0.25, 0.3) is 5.57 Å². The molecule has 0 amide bonds. The fourth-order valence-corrected chi connectivity index (χ4v) is 0.965. The van der Waals surface area contributed by atoms with Gasteiger partial charge in [0.2, 0.25) is 0 Å². The molecule has 0 aromatic heterocycles. The van der Waals surface area contributed by atoms with E-state index in [1.165, 1.54) is 0 Å². The van der Waals surface area contributed by atoms with Gasteiger partial charge in [0.15, 0.2) is 0 Å². The molecular weight excluding hydrogens is 148 g/mol. The van der Waals surface area contributed by atoms with Gasteiger partial charge in [-0.25, -0.2) is 0 Å². The minimum absolute atomic E-state index is 0.277. The van der Waals surface area contributed by atoms with E-state index >= 15 is 0 Å². The third-order valence-corrected chi connectivity index (χ3v) is 1.54. The van der Waals surface area contributed by atoms with E-state index in [4.69, 9.17) is 10.7 Å². The Labute approximate surface area is 71.3 Å². The lowest BCUT2D eigenvalue weighted by atomic mass is 10.1. The number of nitrogens with zero attached hydrogens (tertiary/aromatic N) is 1. The monoisotopic (exact) mass is 156 g/mol. The van der Waals surface area contributed by atoms with Gasteiger partial charge in [-0.05, 0) is 12.8 Å². The highest BCUT2D eigenvalue weighted by Gasteiger charge is 1.98. The first kappa shape index (κ1) is 8.26. The zero-order valence-electron chi connectivity index (χ0n) is 6.76. The molecule has 0 unspecified atom stereocenters. The molecule has 2 heteroatoms. The van der Waals surface area contributed by atoms with Crippen LogP contribution >= 0.6 is 0 Å². The number of hydrogen-bond donors (Lipinski definition) is 1. The molecule has 0 aliphatic heterocycles. The van der Waals surface area contributed by atoms with Crippen molar-refractivity contribution in [3.63, 3.8) is 0 Å². The van der Waals surface area contributed by atoms with Crippen LogP contribution in [0.5, 0.6) is 0 Å². The third-order valence-electron chi connectivity index (χ3n) is 1.54. The minimum Gasteiger partial charge on any atom is -0.258 e. The average Bonchev–Trinajstić information content (AvgIpc) is 2.07. The Kier molecular flexibility index (Phi) is 2.42. The summed E-state index contributed by atoms with van der Waals surface area (Å²) in [6, 6.07) is 9.38. The molecule has 12 heavy (non-hydrogen) atoms. The fraction of sp³-hybridized carbons (Fsp3) is 0.100. The molecule has 1 N–H and O–H groups in total. The Balaban J connectivity index is 3.22. The van der Waals surface area contributed by atoms with Crippen LogP contribution in [0.15, 0.2) is 24.3 Å². The van der Waals surface area contributed by atoms with E-state index in [2.05, 4.69) is 5.87 Å². The van der Waals surface area contributed by atoms with Crippen LogP contribution in [0.3, 0.4) is 0 Å². The topological polar surface area (TPSA) is 47.6 Å². The zero-order valence-corrected chi connectivity index (χ0v) is 6.76. The van der Waals surface area contributed by atoms with Crippen LogP contribution in [0.4, 0.5) is 0 Å². The summed E-state index contributed by atoms with van der Waals surface area (Å²) in [5.74, 6) is 2.10. The number of benzene rings is 1. The molecule has 0 saturated heterocycles. The van der Waals surface area contributed by atoms with Gasteiger partial charge in [0.25, 0.3) is 0 Å². The number of nitriles is 1. The standard InChI is InChI=1S/C10H8N2/c1-8-3-2-4-9(5-8)10(6-11)7-12/h2-5,11H,1H3. The maximum atomic E-state index is 8.60. The highest BCUT2D eigenvalue weighted by molar-refractivity contribution is 5.96. The van der Waals surface area contributed by atoms with E-state index in [9.17, 15) is 0 Å². The second kappa shape index (κ2) is 3.52. The molecule has 0 heterocycles. The van der Waals surface area contributed by atoms with Gasteiger partial charge in [-0.2, -0.15) is 5.26 Å². The molecule has 0 aliphatic carbocycles. The largest absolute Gasteiger partial charge is 0.258 e. The summed E-state index contributed by atoms with van der Waals surface area (Å²) < 4.78 is 0. The van der Waals surface area contributed by atoms with E-state index in [1.54, 1.807) is 6.07 Å². The number of allylic oxidation sites excluding steroid dienone is 1. The summed E-state index contributed by atoms with van der Waals surface area (Å²) in [4.78, 5) is 0. The summed E-state index contributed by atoms with van der Waals surface area (Å²) in [5.41, 5.74) is 2.11. The second-order valence-corrected chi connectivity index (χ2v) is 2.48. The summed E-state index contributed by atoms with van der Waals surface area (Å²) in [6.45, 7) is 1.95. The van der Waals surface area contributed by atoms with Crippen molar-refractivity contribution in [2.75, 3.05) is 0 Å². The van der Waals surface area contributed by atoms with Crippen molar-refractivity contribution in [2.45, 2.75) is 6.92 Å². The normalized spacial score (nSPS) is 8.33. The SMILES string of the molecule is Cc1cccc(C(=C=N)C#N)c1. The van der Waals surface area contributed by atoms with Gasteiger partial charge in [-0.1, -0.05) is 29.8 Å². The van der Waals surface area contributed by atoms with Crippen LogP contribution in [-0.4, -0.2) is 5.87 Å². The van der Waals surface area contributed by atoms with Gasteiger partial charge < -0.3 is 0 Å². The first-order valence-electron chi connectivity index (χ1n) is 3.54. The van der Waals surface area contributed by atoms with Crippen LogP contribution in [0.1, 0.15) is 11.1 Å². The summed E-state index contributed by atoms with van der Waals surface area (Å²) in [5, 5.41) is 15.5. The van der Waals surface area contributed by atoms with Gasteiger partial charge >= 0.3 is 0 Å². The Morgan fingerprint density at radius 1 is 1.50 bits per heavy atom. The van der Waals surface area contributed by atoms with Crippen molar-refractivity contribution in [2.24, 2.45) is 0 Å². The van der Waals surface area contributed by atoms with E-state index in [-0.39, 0.29) is 5.57 Å². The summed E-state index contributed by atoms with van der Waals surface area (Å²) >= 11 is 0. The number of rotatable bonds is 1. The van der Waals surface area contributed by atoms with Crippen LogP contribution in [0.2, 0.25) is 0 Å². The average molecular weight is 156 g/mol. The van der Waals surface area contributed by atoms with Crippen molar-refractivity contribution in [3.05, 3.63) is 35.4 Å². The first-order chi connectivity index (χ1) is 5.77. The van der Waals surface area contributed by atoms with Gasteiger partial charge in [0.05, 0.1) is 0 Å². The molecule has 1 aromatic carbocycles. The zero-order chi connectivity index (χ0) is 8.97. The number of nitrogens with one attached hydrogen (secondary N) is 1. The van der Waals surface area contributed by atoms with Gasteiger partial charge in [0.1, 0.15) is 11.6 Å². The highest BCUT2D eigenvalue weighted by atomic mass is 14.3. The smallest absolute Gasteiger partial charge is 0.120 e. The molecule has 0 bridgehead atoms. The Bertz CT molecular complexity index is 379.